The molecule has 0 aromatic carbocycles. The van der Waals surface area contributed by atoms with Crippen LogP contribution in [0.25, 0.3) is 0 Å². The third kappa shape index (κ3) is 2.25. The van der Waals surface area contributed by atoms with Gasteiger partial charge in [0.2, 0.25) is 0 Å². The van der Waals surface area contributed by atoms with E-state index in [1.807, 2.05) is 13.8 Å². The molecule has 2 saturated heterocycles. The summed E-state index contributed by atoms with van der Waals surface area (Å²) in [6, 6.07) is 0. The van der Waals surface area contributed by atoms with Gasteiger partial charge in [0.25, 0.3) is 0 Å². The highest BCUT2D eigenvalue weighted by Crippen LogP contribution is 2.34. The third-order valence-electron chi connectivity index (χ3n) is 3.61. The Labute approximate surface area is 97.2 Å². The molecule has 0 aromatic heterocycles. The van der Waals surface area contributed by atoms with Crippen LogP contribution in [-0.4, -0.2) is 37.0 Å². The van der Waals surface area contributed by atoms with Gasteiger partial charge in [0.15, 0.2) is 11.6 Å². The molecule has 2 aliphatic heterocycles. The van der Waals surface area contributed by atoms with Crippen LogP contribution in [0.5, 0.6) is 0 Å². The maximum Gasteiger partial charge on any atom is 0.166 e. The number of rotatable bonds is 3. The van der Waals surface area contributed by atoms with E-state index < -0.39 is 11.6 Å². The highest BCUT2D eigenvalue weighted by atomic mass is 16.8. The van der Waals surface area contributed by atoms with Crippen molar-refractivity contribution in [3.63, 3.8) is 0 Å². The first-order valence-electron chi connectivity index (χ1n) is 6.14. The predicted octanol–water partition coefficient (Wildman–Crippen LogP) is 2.07. The van der Waals surface area contributed by atoms with E-state index in [0.29, 0.717) is 13.2 Å². The molecule has 0 N–H and O–H groups in total. The fourth-order valence-electron chi connectivity index (χ4n) is 2.03. The molecule has 0 amide bonds. The van der Waals surface area contributed by atoms with Gasteiger partial charge in [-0.25, -0.2) is 0 Å². The molecule has 0 bridgehead atoms. The van der Waals surface area contributed by atoms with Crippen LogP contribution in [-0.2, 0) is 18.9 Å². The van der Waals surface area contributed by atoms with Gasteiger partial charge in [0.05, 0.1) is 13.2 Å². The first-order chi connectivity index (χ1) is 7.50. The van der Waals surface area contributed by atoms with Crippen LogP contribution in [0.2, 0.25) is 0 Å². The Hall–Kier alpha value is -0.160. The quantitative estimate of drug-likeness (QED) is 0.743. The summed E-state index contributed by atoms with van der Waals surface area (Å²) in [4.78, 5) is 0. The lowest BCUT2D eigenvalue weighted by Gasteiger charge is -2.24. The van der Waals surface area contributed by atoms with Crippen molar-refractivity contribution in [2.24, 2.45) is 0 Å². The zero-order chi connectivity index (χ0) is 11.8. The van der Waals surface area contributed by atoms with Gasteiger partial charge in [-0.1, -0.05) is 13.8 Å². The molecule has 0 radical (unpaired) electrons. The predicted molar refractivity (Wildman–Crippen MR) is 59.0 cm³/mol. The summed E-state index contributed by atoms with van der Waals surface area (Å²) in [5, 5.41) is 0. The Bertz CT molecular complexity index is 231. The largest absolute Gasteiger partial charge is 0.347 e. The van der Waals surface area contributed by atoms with Crippen molar-refractivity contribution in [2.75, 3.05) is 13.2 Å². The fourth-order valence-corrected chi connectivity index (χ4v) is 2.03. The SMILES string of the molecule is CCC1(C)OCC(C2COC(C)(CC)O2)O1. The maximum absolute atomic E-state index is 5.89. The monoisotopic (exact) mass is 230 g/mol. The van der Waals surface area contributed by atoms with Gasteiger partial charge < -0.3 is 18.9 Å². The zero-order valence-electron chi connectivity index (χ0n) is 10.6. The minimum Gasteiger partial charge on any atom is -0.347 e. The Balaban J connectivity index is 1.92. The van der Waals surface area contributed by atoms with Gasteiger partial charge in [0.1, 0.15) is 12.2 Å². The van der Waals surface area contributed by atoms with Gasteiger partial charge in [-0.3, -0.25) is 0 Å². The van der Waals surface area contributed by atoms with Crippen molar-refractivity contribution < 1.29 is 18.9 Å². The average Bonchev–Trinajstić information content (AvgIpc) is 2.84. The molecule has 0 spiro atoms. The summed E-state index contributed by atoms with van der Waals surface area (Å²) < 4.78 is 23.1. The topological polar surface area (TPSA) is 36.9 Å². The van der Waals surface area contributed by atoms with Gasteiger partial charge in [-0.15, -0.1) is 0 Å². The van der Waals surface area contributed by atoms with E-state index in [4.69, 9.17) is 18.9 Å². The lowest BCUT2D eigenvalue weighted by molar-refractivity contribution is -0.189. The minimum absolute atomic E-state index is 0.00155. The first-order valence-corrected chi connectivity index (χ1v) is 6.14. The average molecular weight is 230 g/mol. The highest BCUT2D eigenvalue weighted by molar-refractivity contribution is 4.85. The summed E-state index contributed by atoms with van der Waals surface area (Å²) in [5.41, 5.74) is 0. The Morgan fingerprint density at radius 2 is 1.25 bits per heavy atom. The minimum atomic E-state index is -0.445. The highest BCUT2D eigenvalue weighted by Gasteiger charge is 2.46. The lowest BCUT2D eigenvalue weighted by Crippen LogP contribution is -2.35. The van der Waals surface area contributed by atoms with Gasteiger partial charge >= 0.3 is 0 Å². The Morgan fingerprint density at radius 3 is 1.50 bits per heavy atom. The second kappa shape index (κ2) is 4.26. The molecular weight excluding hydrogens is 208 g/mol. The Morgan fingerprint density at radius 1 is 0.875 bits per heavy atom. The number of ether oxygens (including phenoxy) is 4. The zero-order valence-corrected chi connectivity index (χ0v) is 10.6. The molecular formula is C12H22O4. The molecule has 2 aliphatic rings. The molecule has 2 rings (SSSR count). The van der Waals surface area contributed by atoms with E-state index in [-0.39, 0.29) is 12.2 Å². The molecule has 0 aliphatic carbocycles. The number of hydrogen-bond acceptors (Lipinski definition) is 4. The van der Waals surface area contributed by atoms with Crippen molar-refractivity contribution >= 4 is 0 Å². The fraction of sp³-hybridized carbons (Fsp3) is 1.00. The molecule has 16 heavy (non-hydrogen) atoms. The van der Waals surface area contributed by atoms with Crippen molar-refractivity contribution in [2.45, 2.75) is 64.3 Å². The van der Waals surface area contributed by atoms with Crippen molar-refractivity contribution in [3.8, 4) is 0 Å². The second-order valence-electron chi connectivity index (χ2n) is 4.91. The molecule has 4 unspecified atom stereocenters. The molecule has 2 heterocycles. The van der Waals surface area contributed by atoms with E-state index in [9.17, 15) is 0 Å². The van der Waals surface area contributed by atoms with Crippen molar-refractivity contribution in [1.82, 2.24) is 0 Å². The molecule has 4 heteroatoms. The van der Waals surface area contributed by atoms with Gasteiger partial charge in [-0.2, -0.15) is 0 Å². The summed E-state index contributed by atoms with van der Waals surface area (Å²) in [7, 11) is 0. The summed E-state index contributed by atoms with van der Waals surface area (Å²) >= 11 is 0. The van der Waals surface area contributed by atoms with E-state index in [1.54, 1.807) is 0 Å². The van der Waals surface area contributed by atoms with E-state index in [2.05, 4.69) is 13.8 Å². The second-order valence-corrected chi connectivity index (χ2v) is 4.91. The molecule has 0 saturated carbocycles. The van der Waals surface area contributed by atoms with Crippen molar-refractivity contribution in [1.29, 1.82) is 0 Å². The molecule has 2 fully saturated rings. The molecule has 94 valence electrons. The third-order valence-corrected chi connectivity index (χ3v) is 3.61. The van der Waals surface area contributed by atoms with Crippen LogP contribution in [0, 0.1) is 0 Å². The van der Waals surface area contributed by atoms with Crippen LogP contribution >= 0.6 is 0 Å². The first kappa shape index (κ1) is 12.3. The lowest BCUT2D eigenvalue weighted by atomic mass is 10.2. The van der Waals surface area contributed by atoms with Gasteiger partial charge in [-0.05, 0) is 26.7 Å². The van der Waals surface area contributed by atoms with E-state index in [0.717, 1.165) is 12.8 Å². The van der Waals surface area contributed by atoms with Crippen LogP contribution in [0.15, 0.2) is 0 Å². The van der Waals surface area contributed by atoms with E-state index in [1.165, 1.54) is 0 Å². The van der Waals surface area contributed by atoms with Crippen molar-refractivity contribution in [3.05, 3.63) is 0 Å². The van der Waals surface area contributed by atoms with E-state index >= 15 is 0 Å². The standard InChI is InChI=1S/C12H22O4/c1-5-11(3)13-7-9(15-11)10-8-14-12(4,6-2)16-10/h9-10H,5-8H2,1-4H3. The summed E-state index contributed by atoms with van der Waals surface area (Å²) in [6.07, 6.45) is 1.70. The van der Waals surface area contributed by atoms with Crippen LogP contribution < -0.4 is 0 Å². The molecule has 0 aromatic rings. The normalized spacial score (nSPS) is 48.8. The molecule has 4 nitrogen and oxygen atoms in total. The summed E-state index contributed by atoms with van der Waals surface area (Å²) in [6.45, 7) is 9.26. The molecule has 4 atom stereocenters. The van der Waals surface area contributed by atoms with Crippen LogP contribution in [0.3, 0.4) is 0 Å². The summed E-state index contributed by atoms with van der Waals surface area (Å²) in [5.74, 6) is -0.890. The maximum atomic E-state index is 5.89. The van der Waals surface area contributed by atoms with Gasteiger partial charge in [0, 0.05) is 0 Å². The number of hydrogen-bond donors (Lipinski definition) is 0. The van der Waals surface area contributed by atoms with Crippen LogP contribution in [0.1, 0.15) is 40.5 Å². The van der Waals surface area contributed by atoms with Crippen LogP contribution in [0.4, 0.5) is 0 Å². The Kier molecular flexibility index (Phi) is 3.27. The smallest absolute Gasteiger partial charge is 0.166 e.